The van der Waals surface area contributed by atoms with Crippen LogP contribution in [0.2, 0.25) is 0 Å². The summed E-state index contributed by atoms with van der Waals surface area (Å²) in [6, 6.07) is 15.5. The molecule has 0 amide bonds. The number of aromatic amines is 2. The Morgan fingerprint density at radius 2 is 1.94 bits per heavy atom. The summed E-state index contributed by atoms with van der Waals surface area (Å²) in [4.78, 5) is 28.1. The molecule has 0 saturated carbocycles. The van der Waals surface area contributed by atoms with Gasteiger partial charge in [0.2, 0.25) is 0 Å². The average Bonchev–Trinajstić information content (AvgIpc) is 3.81. The van der Waals surface area contributed by atoms with E-state index in [4.69, 9.17) is 20.1 Å². The highest BCUT2D eigenvalue weighted by atomic mass is 19.1. The fourth-order valence-electron chi connectivity index (χ4n) is 6.69. The molecular weight excluding hydrogens is 666 g/mol. The van der Waals surface area contributed by atoms with Gasteiger partial charge in [-0.3, -0.25) is 9.79 Å². The molecule has 2 atom stereocenters. The molecule has 0 radical (unpaired) electrons. The zero-order valence-electron chi connectivity index (χ0n) is 30.1. The third-order valence-electron chi connectivity index (χ3n) is 9.75. The van der Waals surface area contributed by atoms with Crippen molar-refractivity contribution < 1.29 is 27.8 Å². The van der Waals surface area contributed by atoms with E-state index in [1.54, 1.807) is 19.3 Å². The van der Waals surface area contributed by atoms with E-state index in [1.807, 2.05) is 45.0 Å². The largest absolute Gasteiger partial charge is 0.466 e. The van der Waals surface area contributed by atoms with Crippen molar-refractivity contribution in [2.45, 2.75) is 71.4 Å². The lowest BCUT2D eigenvalue weighted by Crippen LogP contribution is -2.37. The third-order valence-corrected chi connectivity index (χ3v) is 9.75. The number of fused-ring (bicyclic) bond motifs is 8. The normalized spacial score (nSPS) is 19.2. The molecule has 0 aliphatic carbocycles. The predicted octanol–water partition coefficient (Wildman–Crippen LogP) is 8.15. The van der Waals surface area contributed by atoms with Crippen LogP contribution in [0.4, 0.5) is 8.78 Å². The molecular formula is C40H44F2N6O4. The van der Waals surface area contributed by atoms with Gasteiger partial charge in [-0.25, -0.2) is 13.8 Å². The van der Waals surface area contributed by atoms with Gasteiger partial charge < -0.3 is 30.0 Å². The van der Waals surface area contributed by atoms with Crippen LogP contribution in [0.15, 0.2) is 77.1 Å². The second-order valence-corrected chi connectivity index (χ2v) is 13.8. The molecule has 1 aliphatic rings. The highest BCUT2D eigenvalue weighted by Gasteiger charge is 2.33. The number of aliphatic imine (C=N–C) groups is 1. The van der Waals surface area contributed by atoms with Crippen molar-refractivity contribution in [3.8, 4) is 22.9 Å². The first-order valence-corrected chi connectivity index (χ1v) is 17.4. The molecule has 3 aromatic carbocycles. The van der Waals surface area contributed by atoms with Gasteiger partial charge in [0.05, 0.1) is 24.6 Å². The summed E-state index contributed by atoms with van der Waals surface area (Å²) in [6.07, 6.45) is 6.72. The highest BCUT2D eigenvalue weighted by Crippen LogP contribution is 2.39. The molecule has 0 saturated heterocycles. The number of nitrogens with one attached hydrogen (secondary N) is 2. The topological polar surface area (TPSA) is 140 Å². The minimum absolute atomic E-state index is 0.0358. The second kappa shape index (κ2) is 15.1. The van der Waals surface area contributed by atoms with Crippen molar-refractivity contribution in [2.24, 2.45) is 21.9 Å². The van der Waals surface area contributed by atoms with Crippen molar-refractivity contribution in [1.29, 1.82) is 0 Å². The molecule has 4 N–H and O–H groups in total. The standard InChI is InChI=1S/C40H44F2N6O4/c1-6-50-38(49)24(2)17-25-9-7-10-26(18-25)40(5)14-8-16-51-39(3,4)34(48-43)22-44-21-30-28-13-15-45-33(28)20-32(42)36(30)52-27-11-12-31(41)29(19-27)37-46-23-35(40)47-37/h7,9-13,15,18-20,22-24,45H,6,8,14,16-17,21,43H2,1-5H3,(H,46,47)/b44-22?,48-34+. The maximum absolute atomic E-state index is 15.7. The second-order valence-electron chi connectivity index (χ2n) is 13.8. The van der Waals surface area contributed by atoms with Crippen LogP contribution in [0.3, 0.4) is 0 Å². The number of H-pyrrole nitrogens is 2. The maximum Gasteiger partial charge on any atom is 0.308 e. The van der Waals surface area contributed by atoms with Crippen LogP contribution in [0.5, 0.6) is 11.5 Å². The van der Waals surface area contributed by atoms with Gasteiger partial charge >= 0.3 is 5.97 Å². The molecule has 0 fully saturated rings. The summed E-state index contributed by atoms with van der Waals surface area (Å²) in [7, 11) is 0. The molecule has 10 nitrogen and oxygen atoms in total. The first kappa shape index (κ1) is 36.4. The molecule has 12 heteroatoms. The van der Waals surface area contributed by atoms with Crippen molar-refractivity contribution in [1.82, 2.24) is 15.0 Å². The Hall–Kier alpha value is -5.36. The van der Waals surface area contributed by atoms with Gasteiger partial charge in [-0.2, -0.15) is 5.10 Å². The number of nitrogens with zero attached hydrogens (tertiary/aromatic N) is 3. The van der Waals surface area contributed by atoms with E-state index in [2.05, 4.69) is 38.0 Å². The number of hydrogen-bond donors (Lipinski definition) is 3. The van der Waals surface area contributed by atoms with Crippen LogP contribution in [0.25, 0.3) is 22.3 Å². The van der Waals surface area contributed by atoms with Crippen molar-refractivity contribution in [2.75, 3.05) is 13.2 Å². The average molecular weight is 711 g/mol. The molecule has 6 rings (SSSR count). The van der Waals surface area contributed by atoms with Gasteiger partial charge in [-0.1, -0.05) is 31.2 Å². The van der Waals surface area contributed by atoms with Crippen LogP contribution in [0, 0.1) is 17.6 Å². The number of benzene rings is 3. The number of hydrogen-bond acceptors (Lipinski definition) is 8. The number of carbonyl (C=O) groups excluding carboxylic acids is 1. The minimum atomic E-state index is -0.900. The fourth-order valence-corrected chi connectivity index (χ4v) is 6.69. The van der Waals surface area contributed by atoms with Crippen LogP contribution in [-0.4, -0.2) is 51.7 Å². The van der Waals surface area contributed by atoms with Gasteiger partial charge in [-0.05, 0) is 82.3 Å². The minimum Gasteiger partial charge on any atom is -0.466 e. The van der Waals surface area contributed by atoms with E-state index >= 15 is 8.78 Å². The number of carbonyl (C=O) groups is 1. The van der Waals surface area contributed by atoms with Crippen molar-refractivity contribution >= 4 is 28.8 Å². The number of ether oxygens (including phenoxy) is 3. The van der Waals surface area contributed by atoms with E-state index in [9.17, 15) is 4.79 Å². The number of esters is 1. The SMILES string of the molecule is CCOC(=O)C(C)Cc1cccc(C2(C)CCCOC(C)(C)/C(=N/N)C=NCc3c(c(F)cc4[nH]ccc34)Oc3ccc(F)c(c3)-c3ncc2[nH]3)c1. The summed E-state index contributed by atoms with van der Waals surface area (Å²) < 4.78 is 49.0. The van der Waals surface area contributed by atoms with Gasteiger partial charge in [0.15, 0.2) is 11.6 Å². The van der Waals surface area contributed by atoms with Gasteiger partial charge in [0.25, 0.3) is 0 Å². The lowest BCUT2D eigenvalue weighted by Gasteiger charge is -2.31. The first-order valence-electron chi connectivity index (χ1n) is 17.4. The van der Waals surface area contributed by atoms with Gasteiger partial charge in [0, 0.05) is 58.9 Å². The Balaban J connectivity index is 1.44. The number of nitrogens with two attached hydrogens (primary N) is 1. The van der Waals surface area contributed by atoms with Crippen molar-refractivity contribution in [3.63, 3.8) is 0 Å². The van der Waals surface area contributed by atoms with Crippen LogP contribution < -0.4 is 10.6 Å². The fraction of sp³-hybridized carbons (Fsp3) is 0.350. The molecule has 52 heavy (non-hydrogen) atoms. The quantitative estimate of drug-likeness (QED) is 0.0956. The maximum atomic E-state index is 15.7. The summed E-state index contributed by atoms with van der Waals surface area (Å²) in [5, 5.41) is 4.71. The molecule has 3 heterocycles. The molecule has 272 valence electrons. The zero-order valence-corrected chi connectivity index (χ0v) is 30.1. The van der Waals surface area contributed by atoms with Crippen LogP contribution in [-0.2, 0) is 32.6 Å². The predicted molar refractivity (Wildman–Crippen MR) is 198 cm³/mol. The molecule has 2 aromatic heterocycles. The summed E-state index contributed by atoms with van der Waals surface area (Å²) >= 11 is 0. The Morgan fingerprint density at radius 1 is 1.12 bits per heavy atom. The van der Waals surface area contributed by atoms with Crippen molar-refractivity contribution in [3.05, 3.63) is 101 Å². The van der Waals surface area contributed by atoms with E-state index in [1.165, 1.54) is 30.5 Å². The molecule has 4 bridgehead atoms. The van der Waals surface area contributed by atoms with E-state index in [0.717, 1.165) is 22.2 Å². The number of hydrazone groups is 1. The Labute approximate surface area is 301 Å². The summed E-state index contributed by atoms with van der Waals surface area (Å²) in [5.74, 6) is 4.62. The smallest absolute Gasteiger partial charge is 0.308 e. The number of rotatable bonds is 5. The van der Waals surface area contributed by atoms with Gasteiger partial charge in [-0.15, -0.1) is 0 Å². The zero-order chi connectivity index (χ0) is 37.0. The Kier molecular flexibility index (Phi) is 10.6. The van der Waals surface area contributed by atoms with E-state index < -0.39 is 22.7 Å². The highest BCUT2D eigenvalue weighted by molar-refractivity contribution is 6.34. The Bertz CT molecular complexity index is 2140. The molecule has 0 spiro atoms. The number of imidazole rings is 1. The number of halogens is 2. The summed E-state index contributed by atoms with van der Waals surface area (Å²) in [5.41, 5.74) is 2.82. The monoisotopic (exact) mass is 710 g/mol. The first-order chi connectivity index (χ1) is 24.9. The third kappa shape index (κ3) is 7.48. The lowest BCUT2D eigenvalue weighted by molar-refractivity contribution is -0.147. The van der Waals surface area contributed by atoms with E-state index in [-0.39, 0.29) is 35.5 Å². The summed E-state index contributed by atoms with van der Waals surface area (Å²) in [6.45, 7) is 10.2. The Morgan fingerprint density at radius 3 is 2.73 bits per heavy atom. The number of aromatic nitrogens is 3. The van der Waals surface area contributed by atoms with E-state index in [0.29, 0.717) is 55.1 Å². The molecule has 1 aliphatic heterocycles. The molecule has 5 aromatic rings. The lowest BCUT2D eigenvalue weighted by atomic mass is 9.75. The van der Waals surface area contributed by atoms with Gasteiger partial charge in [0.1, 0.15) is 28.7 Å². The van der Waals surface area contributed by atoms with Crippen LogP contribution >= 0.6 is 0 Å². The molecule has 2 unspecified atom stereocenters. The van der Waals surface area contributed by atoms with Crippen LogP contribution in [0.1, 0.15) is 69.8 Å².